The summed E-state index contributed by atoms with van der Waals surface area (Å²) in [6.07, 6.45) is 3.87. The SMILES string of the molecule is Cl.N=C(N)c1ccc(OCc2ccccc2)c(CNc2ccnc3cc(C(=O)N4CCCC4)ccc23)c1. The molecule has 5 rings (SSSR count). The van der Waals surface area contributed by atoms with Crippen LogP contribution in [0, 0.1) is 5.41 Å². The Bertz CT molecular complexity index is 1400. The molecule has 0 atom stereocenters. The summed E-state index contributed by atoms with van der Waals surface area (Å²) in [5.74, 6) is 0.805. The molecule has 0 spiro atoms. The van der Waals surface area contributed by atoms with Crippen molar-refractivity contribution >= 4 is 40.7 Å². The molecule has 1 amide bonds. The van der Waals surface area contributed by atoms with E-state index in [2.05, 4.69) is 10.3 Å². The average Bonchev–Trinajstić information content (AvgIpc) is 3.46. The van der Waals surface area contributed by atoms with E-state index in [0.29, 0.717) is 24.3 Å². The first-order chi connectivity index (χ1) is 17.6. The fourth-order valence-corrected chi connectivity index (χ4v) is 4.49. The van der Waals surface area contributed by atoms with Gasteiger partial charge in [0.15, 0.2) is 0 Å². The van der Waals surface area contributed by atoms with Crippen LogP contribution in [0.1, 0.15) is 39.9 Å². The fourth-order valence-electron chi connectivity index (χ4n) is 4.49. The minimum absolute atomic E-state index is 0. The van der Waals surface area contributed by atoms with Crippen molar-refractivity contribution in [1.29, 1.82) is 5.41 Å². The van der Waals surface area contributed by atoms with E-state index >= 15 is 0 Å². The minimum Gasteiger partial charge on any atom is -0.489 e. The Labute approximate surface area is 222 Å². The highest BCUT2D eigenvalue weighted by Crippen LogP contribution is 2.27. The molecule has 190 valence electrons. The van der Waals surface area contributed by atoms with Gasteiger partial charge in [0.05, 0.1) is 5.52 Å². The van der Waals surface area contributed by atoms with Crippen LogP contribution in [0.3, 0.4) is 0 Å². The third-order valence-corrected chi connectivity index (χ3v) is 6.46. The number of hydrogen-bond acceptors (Lipinski definition) is 5. The molecular formula is C29H30ClN5O2. The van der Waals surface area contributed by atoms with Crippen LogP contribution in [-0.2, 0) is 13.2 Å². The molecule has 1 saturated heterocycles. The number of fused-ring (bicyclic) bond motifs is 1. The van der Waals surface area contributed by atoms with E-state index in [1.165, 1.54) is 0 Å². The van der Waals surface area contributed by atoms with Gasteiger partial charge in [-0.3, -0.25) is 15.2 Å². The number of halogens is 1. The number of nitrogens with one attached hydrogen (secondary N) is 2. The summed E-state index contributed by atoms with van der Waals surface area (Å²) in [6.45, 7) is 2.55. The molecule has 1 fully saturated rings. The third-order valence-electron chi connectivity index (χ3n) is 6.46. The molecule has 1 aliphatic heterocycles. The lowest BCUT2D eigenvalue weighted by molar-refractivity contribution is 0.0793. The van der Waals surface area contributed by atoms with Crippen molar-refractivity contribution in [2.45, 2.75) is 26.0 Å². The van der Waals surface area contributed by atoms with Crippen LogP contribution in [0.5, 0.6) is 5.75 Å². The van der Waals surface area contributed by atoms with Crippen LogP contribution in [0.25, 0.3) is 10.9 Å². The van der Waals surface area contributed by atoms with Crippen molar-refractivity contribution in [1.82, 2.24) is 9.88 Å². The third kappa shape index (κ3) is 6.01. The molecule has 2 heterocycles. The summed E-state index contributed by atoms with van der Waals surface area (Å²) in [4.78, 5) is 19.2. The highest BCUT2D eigenvalue weighted by molar-refractivity contribution is 6.00. The normalized spacial score (nSPS) is 12.7. The zero-order valence-electron chi connectivity index (χ0n) is 20.4. The van der Waals surface area contributed by atoms with E-state index in [1.54, 1.807) is 12.3 Å². The number of aromatic nitrogens is 1. The molecular weight excluding hydrogens is 486 g/mol. The van der Waals surface area contributed by atoms with Gasteiger partial charge in [-0.05, 0) is 60.9 Å². The van der Waals surface area contributed by atoms with E-state index in [4.69, 9.17) is 15.9 Å². The number of carbonyl (C=O) groups excluding carboxylic acids is 1. The van der Waals surface area contributed by atoms with Crippen LogP contribution in [-0.4, -0.2) is 34.7 Å². The summed E-state index contributed by atoms with van der Waals surface area (Å²) in [6, 6.07) is 23.1. The number of amidine groups is 1. The largest absolute Gasteiger partial charge is 0.489 e. The van der Waals surface area contributed by atoms with E-state index < -0.39 is 0 Å². The molecule has 0 aliphatic carbocycles. The first-order valence-electron chi connectivity index (χ1n) is 12.1. The van der Waals surface area contributed by atoms with E-state index in [1.807, 2.05) is 71.6 Å². The maximum atomic E-state index is 12.8. The highest BCUT2D eigenvalue weighted by atomic mass is 35.5. The molecule has 37 heavy (non-hydrogen) atoms. The van der Waals surface area contributed by atoms with Gasteiger partial charge in [-0.2, -0.15) is 0 Å². The Hall–Kier alpha value is -4.10. The van der Waals surface area contributed by atoms with Crippen molar-refractivity contribution in [2.24, 2.45) is 5.73 Å². The van der Waals surface area contributed by atoms with E-state index in [9.17, 15) is 4.79 Å². The summed E-state index contributed by atoms with van der Waals surface area (Å²) in [7, 11) is 0. The van der Waals surface area contributed by atoms with Crippen molar-refractivity contribution in [2.75, 3.05) is 18.4 Å². The molecule has 8 heteroatoms. The van der Waals surface area contributed by atoms with E-state index in [-0.39, 0.29) is 24.1 Å². The fraction of sp³-hybridized carbons (Fsp3) is 0.207. The Kier molecular flexibility index (Phi) is 8.25. The molecule has 4 N–H and O–H groups in total. The zero-order chi connectivity index (χ0) is 24.9. The number of nitrogen functional groups attached to an aromatic ring is 1. The molecule has 0 unspecified atom stereocenters. The summed E-state index contributed by atoms with van der Waals surface area (Å²) >= 11 is 0. The average molecular weight is 516 g/mol. The second-order valence-electron chi connectivity index (χ2n) is 8.95. The number of hydrogen-bond donors (Lipinski definition) is 3. The predicted molar refractivity (Wildman–Crippen MR) is 150 cm³/mol. The first kappa shape index (κ1) is 26.0. The lowest BCUT2D eigenvalue weighted by Gasteiger charge is -2.17. The van der Waals surface area contributed by atoms with Gasteiger partial charge in [-0.15, -0.1) is 12.4 Å². The van der Waals surface area contributed by atoms with Gasteiger partial charge in [0.1, 0.15) is 18.2 Å². The number of amides is 1. The molecule has 0 bridgehead atoms. The molecule has 0 radical (unpaired) electrons. The summed E-state index contributed by atoms with van der Waals surface area (Å²) < 4.78 is 6.12. The Morgan fingerprint density at radius 3 is 2.51 bits per heavy atom. The van der Waals surface area contributed by atoms with E-state index in [0.717, 1.165) is 59.4 Å². The number of nitrogens with zero attached hydrogens (tertiary/aromatic N) is 2. The number of benzene rings is 3. The van der Waals surface area contributed by atoms with Gasteiger partial charge < -0.3 is 20.7 Å². The number of nitrogens with two attached hydrogens (primary N) is 1. The number of pyridine rings is 1. The van der Waals surface area contributed by atoms with Crippen LogP contribution >= 0.6 is 12.4 Å². The Balaban J connectivity index is 0.00000320. The second kappa shape index (κ2) is 11.8. The van der Waals surface area contributed by atoms with Crippen LogP contribution in [0.2, 0.25) is 0 Å². The highest BCUT2D eigenvalue weighted by Gasteiger charge is 2.20. The van der Waals surface area contributed by atoms with Crippen molar-refractivity contribution in [3.8, 4) is 5.75 Å². The molecule has 0 saturated carbocycles. The standard InChI is InChI=1S/C29H29N5O2.ClH/c30-28(31)21-9-11-27(36-19-20-6-2-1-3-7-20)23(16-21)18-33-25-12-13-32-26-17-22(8-10-24(25)26)29(35)34-14-4-5-15-34;/h1-3,6-13,16-17H,4-5,14-15,18-19H2,(H3,30,31)(H,32,33);1H. The van der Waals surface area contributed by atoms with Gasteiger partial charge in [0, 0.05) is 53.6 Å². The maximum absolute atomic E-state index is 12.8. The van der Waals surface area contributed by atoms with Gasteiger partial charge in [0.25, 0.3) is 5.91 Å². The van der Waals surface area contributed by atoms with Gasteiger partial charge >= 0.3 is 0 Å². The van der Waals surface area contributed by atoms with Crippen molar-refractivity contribution < 1.29 is 9.53 Å². The van der Waals surface area contributed by atoms with Crippen LogP contribution in [0.4, 0.5) is 5.69 Å². The molecule has 3 aromatic carbocycles. The Morgan fingerprint density at radius 2 is 1.76 bits per heavy atom. The summed E-state index contributed by atoms with van der Waals surface area (Å²) in [5, 5.41) is 12.3. The topological polar surface area (TPSA) is 104 Å². The van der Waals surface area contributed by atoms with Crippen LogP contribution < -0.4 is 15.8 Å². The molecule has 4 aromatic rings. The number of anilines is 1. The zero-order valence-corrected chi connectivity index (χ0v) is 21.3. The quantitative estimate of drug-likeness (QED) is 0.216. The van der Waals surface area contributed by atoms with Gasteiger partial charge in [-0.25, -0.2) is 0 Å². The smallest absolute Gasteiger partial charge is 0.253 e. The monoisotopic (exact) mass is 515 g/mol. The van der Waals surface area contributed by atoms with Gasteiger partial charge in [0.2, 0.25) is 0 Å². The Morgan fingerprint density at radius 1 is 1.00 bits per heavy atom. The predicted octanol–water partition coefficient (Wildman–Crippen LogP) is 5.37. The lowest BCUT2D eigenvalue weighted by atomic mass is 10.1. The maximum Gasteiger partial charge on any atom is 0.253 e. The summed E-state index contributed by atoms with van der Waals surface area (Å²) in [5.41, 5.74) is 10.7. The van der Waals surface area contributed by atoms with Crippen molar-refractivity contribution in [3.05, 3.63) is 101 Å². The molecule has 7 nitrogen and oxygen atoms in total. The molecule has 1 aromatic heterocycles. The number of likely N-dealkylation sites (tertiary alicyclic amines) is 1. The van der Waals surface area contributed by atoms with Crippen molar-refractivity contribution in [3.63, 3.8) is 0 Å². The first-order valence-corrected chi connectivity index (χ1v) is 12.1. The minimum atomic E-state index is 0. The number of rotatable bonds is 8. The lowest BCUT2D eigenvalue weighted by Crippen LogP contribution is -2.27. The number of carbonyl (C=O) groups is 1. The van der Waals surface area contributed by atoms with Gasteiger partial charge in [-0.1, -0.05) is 30.3 Å². The molecule has 1 aliphatic rings. The second-order valence-corrected chi connectivity index (χ2v) is 8.95. The number of ether oxygens (including phenoxy) is 1. The van der Waals surface area contributed by atoms with Crippen LogP contribution in [0.15, 0.2) is 79.0 Å².